The van der Waals surface area contributed by atoms with Crippen LogP contribution in [0.5, 0.6) is 0 Å². The molecule has 17 heavy (non-hydrogen) atoms. The lowest BCUT2D eigenvalue weighted by atomic mass is 10.1. The minimum Gasteiger partial charge on any atom is -0.326 e. The van der Waals surface area contributed by atoms with Crippen LogP contribution in [0.15, 0.2) is 18.2 Å². The molecule has 2 amide bonds. The van der Waals surface area contributed by atoms with Gasteiger partial charge in [-0.05, 0) is 23.3 Å². The van der Waals surface area contributed by atoms with Gasteiger partial charge in [0.2, 0.25) is 11.8 Å². The summed E-state index contributed by atoms with van der Waals surface area (Å²) in [6.45, 7) is 0.356. The highest BCUT2D eigenvalue weighted by Crippen LogP contribution is 2.17. The van der Waals surface area contributed by atoms with Gasteiger partial charge in [0.15, 0.2) is 0 Å². The van der Waals surface area contributed by atoms with E-state index in [-0.39, 0.29) is 37.7 Å². The van der Waals surface area contributed by atoms with Crippen molar-refractivity contribution in [3.8, 4) is 0 Å². The summed E-state index contributed by atoms with van der Waals surface area (Å²) >= 11 is 0. The molecule has 2 rings (SSSR count). The quantitative estimate of drug-likeness (QED) is 0.794. The minimum atomic E-state index is -0.401. The molecule has 0 aliphatic carbocycles. The first-order valence-corrected chi connectivity index (χ1v) is 5.42. The van der Waals surface area contributed by atoms with Crippen LogP contribution in [0, 0.1) is 5.82 Å². The standard InChI is InChI=1S/C12H13FN2O2/c13-10-4-8(6-14)3-9(5-10)7-15-11(16)1-2-12(15)17/h3-5H,1-2,6-7,14H2. The number of carbonyl (C=O) groups excluding carboxylic acids is 2. The minimum absolute atomic E-state index is 0.127. The number of halogens is 1. The number of hydrogen-bond acceptors (Lipinski definition) is 3. The number of hydrogen-bond donors (Lipinski definition) is 1. The maximum Gasteiger partial charge on any atom is 0.229 e. The number of likely N-dealkylation sites (tertiary alicyclic amines) is 1. The van der Waals surface area contributed by atoms with E-state index < -0.39 is 5.82 Å². The van der Waals surface area contributed by atoms with Gasteiger partial charge in [0.25, 0.3) is 0 Å². The Bertz CT molecular complexity index is 458. The summed E-state index contributed by atoms with van der Waals surface area (Å²) in [6.07, 6.45) is 0.496. The Morgan fingerprint density at radius 3 is 2.29 bits per heavy atom. The Labute approximate surface area is 98.2 Å². The molecule has 2 N–H and O–H groups in total. The van der Waals surface area contributed by atoms with E-state index in [0.29, 0.717) is 11.1 Å². The maximum atomic E-state index is 13.2. The summed E-state index contributed by atoms with van der Waals surface area (Å²) in [4.78, 5) is 24.0. The van der Waals surface area contributed by atoms with Gasteiger partial charge < -0.3 is 5.73 Å². The fraction of sp³-hybridized carbons (Fsp3) is 0.333. The zero-order chi connectivity index (χ0) is 12.4. The van der Waals surface area contributed by atoms with E-state index in [0.717, 1.165) is 4.90 Å². The van der Waals surface area contributed by atoms with Crippen LogP contribution < -0.4 is 5.73 Å². The summed E-state index contributed by atoms with van der Waals surface area (Å²) in [6, 6.07) is 4.37. The number of nitrogens with two attached hydrogens (primary N) is 1. The number of carbonyl (C=O) groups is 2. The molecule has 0 bridgehead atoms. The van der Waals surface area contributed by atoms with E-state index >= 15 is 0 Å². The highest BCUT2D eigenvalue weighted by atomic mass is 19.1. The Balaban J connectivity index is 2.20. The fourth-order valence-electron chi connectivity index (χ4n) is 1.91. The molecular formula is C12H13FN2O2. The molecule has 0 saturated carbocycles. The van der Waals surface area contributed by atoms with Gasteiger partial charge in [-0.2, -0.15) is 0 Å². The maximum absolute atomic E-state index is 13.2. The van der Waals surface area contributed by atoms with Crippen molar-refractivity contribution in [2.24, 2.45) is 5.73 Å². The van der Waals surface area contributed by atoms with Gasteiger partial charge in [-0.15, -0.1) is 0 Å². The molecule has 90 valence electrons. The smallest absolute Gasteiger partial charge is 0.229 e. The molecule has 0 aromatic heterocycles. The van der Waals surface area contributed by atoms with Crippen molar-refractivity contribution in [3.63, 3.8) is 0 Å². The summed E-state index contributed by atoms with van der Waals surface area (Å²) in [7, 11) is 0. The van der Waals surface area contributed by atoms with Crippen LogP contribution >= 0.6 is 0 Å². The summed E-state index contributed by atoms with van der Waals surface area (Å²) < 4.78 is 13.2. The zero-order valence-corrected chi connectivity index (χ0v) is 9.28. The molecule has 1 saturated heterocycles. The summed E-state index contributed by atoms with van der Waals surface area (Å²) in [5.41, 5.74) is 6.68. The van der Waals surface area contributed by atoms with Crippen LogP contribution in [0.4, 0.5) is 4.39 Å². The number of nitrogens with zero attached hydrogens (tertiary/aromatic N) is 1. The predicted molar refractivity (Wildman–Crippen MR) is 59.1 cm³/mol. The lowest BCUT2D eigenvalue weighted by Gasteiger charge is -2.14. The van der Waals surface area contributed by atoms with E-state index in [1.807, 2.05) is 0 Å². The Hall–Kier alpha value is -1.75. The largest absolute Gasteiger partial charge is 0.326 e. The second-order valence-electron chi connectivity index (χ2n) is 4.05. The first-order chi connectivity index (χ1) is 8.10. The van der Waals surface area contributed by atoms with Crippen LogP contribution in [-0.4, -0.2) is 16.7 Å². The van der Waals surface area contributed by atoms with Crippen molar-refractivity contribution in [1.29, 1.82) is 0 Å². The highest BCUT2D eigenvalue weighted by molar-refractivity contribution is 6.01. The third-order valence-electron chi connectivity index (χ3n) is 2.75. The van der Waals surface area contributed by atoms with Crippen molar-refractivity contribution < 1.29 is 14.0 Å². The highest BCUT2D eigenvalue weighted by Gasteiger charge is 2.28. The SMILES string of the molecule is NCc1cc(F)cc(CN2C(=O)CCC2=O)c1. The van der Waals surface area contributed by atoms with Crippen LogP contribution in [0.2, 0.25) is 0 Å². The van der Waals surface area contributed by atoms with Gasteiger partial charge in [-0.1, -0.05) is 6.07 Å². The molecule has 0 spiro atoms. The molecule has 1 aromatic carbocycles. The van der Waals surface area contributed by atoms with Gasteiger partial charge >= 0.3 is 0 Å². The van der Waals surface area contributed by atoms with Crippen molar-refractivity contribution >= 4 is 11.8 Å². The normalized spacial score (nSPS) is 15.8. The number of benzene rings is 1. The molecule has 5 heteroatoms. The topological polar surface area (TPSA) is 63.4 Å². The number of imide groups is 1. The van der Waals surface area contributed by atoms with E-state index in [9.17, 15) is 14.0 Å². The molecular weight excluding hydrogens is 223 g/mol. The predicted octanol–water partition coefficient (Wildman–Crippen LogP) is 0.933. The van der Waals surface area contributed by atoms with Crippen LogP contribution in [0.3, 0.4) is 0 Å². The lowest BCUT2D eigenvalue weighted by Crippen LogP contribution is -2.28. The molecule has 0 unspecified atom stereocenters. The molecule has 1 aliphatic rings. The van der Waals surface area contributed by atoms with Crippen LogP contribution in [0.25, 0.3) is 0 Å². The van der Waals surface area contributed by atoms with Crippen molar-refractivity contribution in [3.05, 3.63) is 35.1 Å². The van der Waals surface area contributed by atoms with E-state index in [1.54, 1.807) is 6.07 Å². The van der Waals surface area contributed by atoms with E-state index in [2.05, 4.69) is 0 Å². The lowest BCUT2D eigenvalue weighted by molar-refractivity contribution is -0.139. The van der Waals surface area contributed by atoms with Gasteiger partial charge in [0, 0.05) is 19.4 Å². The first-order valence-electron chi connectivity index (χ1n) is 5.42. The zero-order valence-electron chi connectivity index (χ0n) is 9.28. The van der Waals surface area contributed by atoms with Crippen LogP contribution in [-0.2, 0) is 22.7 Å². The summed E-state index contributed by atoms with van der Waals surface area (Å²) in [5.74, 6) is -0.802. The van der Waals surface area contributed by atoms with Gasteiger partial charge in [-0.25, -0.2) is 4.39 Å². The van der Waals surface area contributed by atoms with Gasteiger partial charge in [0.1, 0.15) is 5.82 Å². The molecule has 1 aromatic rings. The monoisotopic (exact) mass is 236 g/mol. The third-order valence-corrected chi connectivity index (χ3v) is 2.75. The van der Waals surface area contributed by atoms with Crippen molar-refractivity contribution in [2.75, 3.05) is 0 Å². The Morgan fingerprint density at radius 1 is 1.12 bits per heavy atom. The molecule has 1 fully saturated rings. The average molecular weight is 236 g/mol. The molecule has 0 radical (unpaired) electrons. The van der Waals surface area contributed by atoms with Crippen molar-refractivity contribution in [2.45, 2.75) is 25.9 Å². The Morgan fingerprint density at radius 2 is 1.71 bits per heavy atom. The molecule has 1 heterocycles. The van der Waals surface area contributed by atoms with E-state index in [1.165, 1.54) is 12.1 Å². The third kappa shape index (κ3) is 2.50. The molecule has 1 aliphatic heterocycles. The number of rotatable bonds is 3. The summed E-state index contributed by atoms with van der Waals surface area (Å²) in [5, 5.41) is 0. The van der Waals surface area contributed by atoms with Gasteiger partial charge in [0.05, 0.1) is 6.54 Å². The average Bonchev–Trinajstić information content (AvgIpc) is 2.60. The molecule has 0 atom stereocenters. The number of amides is 2. The molecule has 4 nitrogen and oxygen atoms in total. The second-order valence-corrected chi connectivity index (χ2v) is 4.05. The first kappa shape index (κ1) is 11.7. The Kier molecular flexibility index (Phi) is 3.19. The van der Waals surface area contributed by atoms with Gasteiger partial charge in [-0.3, -0.25) is 14.5 Å². The fourth-order valence-corrected chi connectivity index (χ4v) is 1.91. The van der Waals surface area contributed by atoms with Crippen molar-refractivity contribution in [1.82, 2.24) is 4.90 Å². The second kappa shape index (κ2) is 4.63. The van der Waals surface area contributed by atoms with E-state index in [4.69, 9.17) is 5.73 Å². The van der Waals surface area contributed by atoms with Crippen LogP contribution in [0.1, 0.15) is 24.0 Å².